The van der Waals surface area contributed by atoms with Crippen molar-refractivity contribution in [1.29, 1.82) is 0 Å². The second-order valence-corrected chi connectivity index (χ2v) is 3.42. The first-order valence-electron chi connectivity index (χ1n) is 4.49. The van der Waals surface area contributed by atoms with E-state index in [0.717, 1.165) is 6.42 Å². The van der Waals surface area contributed by atoms with Crippen molar-refractivity contribution in [2.24, 2.45) is 5.92 Å². The Bertz CT molecular complexity index is 159. The highest BCUT2D eigenvalue weighted by Gasteiger charge is 2.21. The van der Waals surface area contributed by atoms with Crippen molar-refractivity contribution in [2.45, 2.75) is 32.5 Å². The smallest absolute Gasteiger partial charge is 0.159 e. The Morgan fingerprint density at radius 2 is 2.08 bits per heavy atom. The summed E-state index contributed by atoms with van der Waals surface area (Å²) in [5.74, 6) is 0.545. The van der Waals surface area contributed by atoms with Crippen LogP contribution in [0.3, 0.4) is 0 Å². The topological polar surface area (TPSA) is 18.5 Å². The molecule has 0 aromatic heterocycles. The lowest BCUT2D eigenvalue weighted by Crippen LogP contribution is -2.25. The van der Waals surface area contributed by atoms with E-state index in [1.807, 2.05) is 0 Å². The van der Waals surface area contributed by atoms with E-state index in [4.69, 9.17) is 9.47 Å². The SMILES string of the molecule is COC(OC)[C@@H]1CC=C(C)CC1. The summed E-state index contributed by atoms with van der Waals surface area (Å²) in [6.45, 7) is 2.19. The standard InChI is InChI=1S/C10H18O2/c1-8-4-6-9(7-5-8)10(11-2)12-3/h4,9-10H,5-7H2,1-3H3/t9-/m1/s1. The Labute approximate surface area is 74.6 Å². The fourth-order valence-corrected chi connectivity index (χ4v) is 1.71. The predicted molar refractivity (Wildman–Crippen MR) is 48.9 cm³/mol. The maximum absolute atomic E-state index is 5.22. The van der Waals surface area contributed by atoms with E-state index in [9.17, 15) is 0 Å². The van der Waals surface area contributed by atoms with Crippen molar-refractivity contribution in [2.75, 3.05) is 14.2 Å². The van der Waals surface area contributed by atoms with Crippen molar-refractivity contribution in [3.8, 4) is 0 Å². The van der Waals surface area contributed by atoms with E-state index < -0.39 is 0 Å². The van der Waals surface area contributed by atoms with Gasteiger partial charge >= 0.3 is 0 Å². The Morgan fingerprint density at radius 3 is 2.50 bits per heavy atom. The first kappa shape index (κ1) is 9.75. The molecule has 0 saturated carbocycles. The van der Waals surface area contributed by atoms with Crippen LogP contribution in [0.2, 0.25) is 0 Å². The van der Waals surface area contributed by atoms with Gasteiger partial charge in [-0.15, -0.1) is 0 Å². The fourth-order valence-electron chi connectivity index (χ4n) is 1.71. The monoisotopic (exact) mass is 170 g/mol. The first-order chi connectivity index (χ1) is 5.77. The summed E-state index contributed by atoms with van der Waals surface area (Å²) >= 11 is 0. The van der Waals surface area contributed by atoms with E-state index in [-0.39, 0.29) is 6.29 Å². The molecule has 0 unspecified atom stereocenters. The highest BCUT2D eigenvalue weighted by Crippen LogP contribution is 2.27. The molecule has 1 rings (SSSR count). The van der Waals surface area contributed by atoms with Crippen LogP contribution < -0.4 is 0 Å². The first-order valence-corrected chi connectivity index (χ1v) is 4.49. The van der Waals surface area contributed by atoms with Gasteiger partial charge in [0.25, 0.3) is 0 Å². The third-order valence-electron chi connectivity index (χ3n) is 2.53. The van der Waals surface area contributed by atoms with Crippen molar-refractivity contribution in [1.82, 2.24) is 0 Å². The normalized spacial score (nSPS) is 24.3. The second kappa shape index (κ2) is 4.63. The highest BCUT2D eigenvalue weighted by molar-refractivity contribution is 5.03. The lowest BCUT2D eigenvalue weighted by Gasteiger charge is -2.26. The minimum atomic E-state index is -0.0191. The van der Waals surface area contributed by atoms with Crippen LogP contribution in [-0.2, 0) is 9.47 Å². The van der Waals surface area contributed by atoms with E-state index in [1.54, 1.807) is 14.2 Å². The number of rotatable bonds is 3. The summed E-state index contributed by atoms with van der Waals surface area (Å²) < 4.78 is 10.4. The second-order valence-electron chi connectivity index (χ2n) is 3.42. The molecule has 1 aliphatic rings. The Kier molecular flexibility index (Phi) is 3.76. The molecule has 12 heavy (non-hydrogen) atoms. The van der Waals surface area contributed by atoms with Gasteiger partial charge in [-0.3, -0.25) is 0 Å². The van der Waals surface area contributed by atoms with Crippen LogP contribution in [0, 0.1) is 5.92 Å². The summed E-state index contributed by atoms with van der Waals surface area (Å²) in [4.78, 5) is 0. The molecule has 1 aliphatic carbocycles. The van der Waals surface area contributed by atoms with Gasteiger partial charge in [-0.05, 0) is 26.2 Å². The van der Waals surface area contributed by atoms with Crippen LogP contribution in [0.4, 0.5) is 0 Å². The van der Waals surface area contributed by atoms with Crippen LogP contribution >= 0.6 is 0 Å². The summed E-state index contributed by atoms with van der Waals surface area (Å²) in [7, 11) is 3.42. The zero-order chi connectivity index (χ0) is 8.97. The summed E-state index contributed by atoms with van der Waals surface area (Å²) in [6, 6.07) is 0. The maximum Gasteiger partial charge on any atom is 0.159 e. The van der Waals surface area contributed by atoms with Crippen LogP contribution in [0.15, 0.2) is 11.6 Å². The van der Waals surface area contributed by atoms with Crippen molar-refractivity contribution in [3.05, 3.63) is 11.6 Å². The molecule has 2 heteroatoms. The molecule has 0 aromatic rings. The molecule has 0 aliphatic heterocycles. The minimum absolute atomic E-state index is 0.0191. The minimum Gasteiger partial charge on any atom is -0.356 e. The molecule has 0 bridgehead atoms. The van der Waals surface area contributed by atoms with E-state index in [1.165, 1.54) is 18.4 Å². The van der Waals surface area contributed by atoms with Crippen LogP contribution in [0.25, 0.3) is 0 Å². The van der Waals surface area contributed by atoms with Gasteiger partial charge in [-0.1, -0.05) is 11.6 Å². The zero-order valence-corrected chi connectivity index (χ0v) is 8.17. The molecule has 0 aromatic carbocycles. The van der Waals surface area contributed by atoms with Gasteiger partial charge in [-0.25, -0.2) is 0 Å². The quantitative estimate of drug-likeness (QED) is 0.478. The molecule has 2 nitrogen and oxygen atoms in total. The molecule has 0 N–H and O–H groups in total. The predicted octanol–water partition coefficient (Wildman–Crippen LogP) is 2.35. The summed E-state index contributed by atoms with van der Waals surface area (Å²) in [6.07, 6.45) is 5.74. The van der Waals surface area contributed by atoms with Gasteiger partial charge in [0.1, 0.15) is 0 Å². The average molecular weight is 170 g/mol. The van der Waals surface area contributed by atoms with Gasteiger partial charge in [0, 0.05) is 20.1 Å². The van der Waals surface area contributed by atoms with E-state index >= 15 is 0 Å². The Balaban J connectivity index is 2.43. The number of allylic oxidation sites excluding steroid dienone is 2. The molecule has 70 valence electrons. The summed E-state index contributed by atoms with van der Waals surface area (Å²) in [5.41, 5.74) is 1.50. The largest absolute Gasteiger partial charge is 0.356 e. The van der Waals surface area contributed by atoms with Crippen LogP contribution in [0.1, 0.15) is 26.2 Å². The van der Waals surface area contributed by atoms with Crippen molar-refractivity contribution in [3.63, 3.8) is 0 Å². The van der Waals surface area contributed by atoms with Crippen molar-refractivity contribution < 1.29 is 9.47 Å². The third-order valence-corrected chi connectivity index (χ3v) is 2.53. The lowest BCUT2D eigenvalue weighted by molar-refractivity contribution is -0.138. The van der Waals surface area contributed by atoms with E-state index in [0.29, 0.717) is 5.92 Å². The Morgan fingerprint density at radius 1 is 1.42 bits per heavy atom. The van der Waals surface area contributed by atoms with Gasteiger partial charge in [-0.2, -0.15) is 0 Å². The molecular weight excluding hydrogens is 152 g/mol. The fraction of sp³-hybridized carbons (Fsp3) is 0.800. The molecule has 1 atom stereocenters. The number of hydrogen-bond acceptors (Lipinski definition) is 2. The Hall–Kier alpha value is -0.340. The lowest BCUT2D eigenvalue weighted by atomic mass is 9.90. The van der Waals surface area contributed by atoms with Crippen LogP contribution in [0.5, 0.6) is 0 Å². The zero-order valence-electron chi connectivity index (χ0n) is 8.17. The molecule has 0 amide bonds. The van der Waals surface area contributed by atoms with Crippen molar-refractivity contribution >= 4 is 0 Å². The highest BCUT2D eigenvalue weighted by atomic mass is 16.7. The molecule has 0 spiro atoms. The molecule has 0 heterocycles. The molecular formula is C10H18O2. The van der Waals surface area contributed by atoms with E-state index in [2.05, 4.69) is 13.0 Å². The molecule has 0 saturated heterocycles. The summed E-state index contributed by atoms with van der Waals surface area (Å²) in [5, 5.41) is 0. The number of methoxy groups -OCH3 is 2. The number of ether oxygens (including phenoxy) is 2. The number of hydrogen-bond donors (Lipinski definition) is 0. The van der Waals surface area contributed by atoms with Gasteiger partial charge in [0.2, 0.25) is 0 Å². The van der Waals surface area contributed by atoms with Gasteiger partial charge in [0.05, 0.1) is 0 Å². The molecule has 0 radical (unpaired) electrons. The average Bonchev–Trinajstić information content (AvgIpc) is 2.10. The van der Waals surface area contributed by atoms with Crippen LogP contribution in [-0.4, -0.2) is 20.5 Å². The third kappa shape index (κ3) is 2.32. The molecule has 0 fully saturated rings. The maximum atomic E-state index is 5.22. The van der Waals surface area contributed by atoms with Gasteiger partial charge in [0.15, 0.2) is 6.29 Å². The van der Waals surface area contributed by atoms with Gasteiger partial charge < -0.3 is 9.47 Å².